The van der Waals surface area contributed by atoms with Gasteiger partial charge in [-0.25, -0.2) is 4.57 Å². The average molecular weight is 498 g/mol. The summed E-state index contributed by atoms with van der Waals surface area (Å²) < 4.78 is 8.91. The summed E-state index contributed by atoms with van der Waals surface area (Å²) in [6.07, 6.45) is 11.4. The van der Waals surface area contributed by atoms with E-state index >= 15 is 0 Å². The van der Waals surface area contributed by atoms with Gasteiger partial charge in [0.1, 0.15) is 18.2 Å². The molecule has 3 nitrogen and oxygen atoms in total. The summed E-state index contributed by atoms with van der Waals surface area (Å²) in [6.45, 7) is 2.14. The molecule has 1 fully saturated rings. The number of nitriles is 1. The molecule has 0 spiro atoms. The Balaban J connectivity index is 1.39. The molecule has 3 aromatic carbocycles. The number of hydrogen-bond donors (Lipinski definition) is 0. The maximum atomic E-state index is 10.1. The zero-order valence-electron chi connectivity index (χ0n) is 22.3. The Morgan fingerprint density at radius 1 is 0.816 bits per heavy atom. The van der Waals surface area contributed by atoms with Crippen LogP contribution in [0.3, 0.4) is 0 Å². The van der Waals surface area contributed by atoms with Gasteiger partial charge in [0.05, 0.1) is 17.2 Å². The number of pyridine rings is 1. The van der Waals surface area contributed by atoms with Crippen LogP contribution < -0.4 is 4.57 Å². The lowest BCUT2D eigenvalue weighted by atomic mass is 9.79. The summed E-state index contributed by atoms with van der Waals surface area (Å²) in [6, 6.07) is 24.0. The number of fused-ring (bicyclic) bond motifs is 4. The maximum absolute atomic E-state index is 10.1. The van der Waals surface area contributed by atoms with E-state index in [2.05, 4.69) is 79.3 Å². The van der Waals surface area contributed by atoms with Crippen molar-refractivity contribution in [1.82, 2.24) is 0 Å². The van der Waals surface area contributed by atoms with Crippen LogP contribution in [0.25, 0.3) is 44.3 Å². The summed E-state index contributed by atoms with van der Waals surface area (Å²) in [5.74, 6) is 1.64. The third-order valence-corrected chi connectivity index (χ3v) is 9.23. The molecule has 0 saturated heterocycles. The van der Waals surface area contributed by atoms with Crippen LogP contribution in [0.2, 0.25) is 0 Å². The number of hydrogen-bond acceptors (Lipinski definition) is 2. The Morgan fingerprint density at radius 2 is 1.58 bits per heavy atom. The van der Waals surface area contributed by atoms with E-state index in [0.29, 0.717) is 5.56 Å². The van der Waals surface area contributed by atoms with Crippen molar-refractivity contribution >= 4 is 21.9 Å². The molecule has 5 aromatic rings. The molecule has 1 saturated carbocycles. The van der Waals surface area contributed by atoms with Gasteiger partial charge in [-0.15, -0.1) is 0 Å². The number of benzene rings is 3. The molecule has 1 atom stereocenters. The van der Waals surface area contributed by atoms with Gasteiger partial charge in [0.15, 0.2) is 6.20 Å². The quantitative estimate of drug-likeness (QED) is 0.236. The van der Waals surface area contributed by atoms with Crippen LogP contribution in [-0.4, -0.2) is 0 Å². The van der Waals surface area contributed by atoms with Gasteiger partial charge in [-0.2, -0.15) is 5.26 Å². The van der Waals surface area contributed by atoms with Crippen molar-refractivity contribution in [3.63, 3.8) is 0 Å². The van der Waals surface area contributed by atoms with E-state index in [1.165, 1.54) is 61.6 Å². The molecular formula is C35H33N2O+. The second-order valence-corrected chi connectivity index (χ2v) is 11.5. The van der Waals surface area contributed by atoms with E-state index in [-0.39, 0.29) is 0 Å². The maximum Gasteiger partial charge on any atom is 0.216 e. The van der Waals surface area contributed by atoms with Crippen LogP contribution in [0.1, 0.15) is 54.4 Å². The monoisotopic (exact) mass is 497 g/mol. The average Bonchev–Trinajstić information content (AvgIpc) is 3.54. The number of furan rings is 1. The van der Waals surface area contributed by atoms with Crippen molar-refractivity contribution in [3.05, 3.63) is 89.1 Å². The highest BCUT2D eigenvalue weighted by Crippen LogP contribution is 2.44. The second-order valence-electron chi connectivity index (χ2n) is 11.5. The molecule has 0 amide bonds. The number of aromatic nitrogens is 1. The summed E-state index contributed by atoms with van der Waals surface area (Å²) >= 11 is 0. The van der Waals surface area contributed by atoms with Crippen LogP contribution in [0.4, 0.5) is 0 Å². The predicted octanol–water partition coefficient (Wildman–Crippen LogP) is 8.22. The molecule has 188 valence electrons. The van der Waals surface area contributed by atoms with E-state index in [1.807, 2.05) is 12.1 Å². The van der Waals surface area contributed by atoms with E-state index in [4.69, 9.17) is 4.42 Å². The Morgan fingerprint density at radius 3 is 2.37 bits per heavy atom. The SMILES string of the molecule is Cc1ccc2c(oc3c(-c4ccc5c(c4)CC(C4CCCCC4)C5)c(C#N)ccc32)c1-c1cccc[n+]1C. The lowest BCUT2D eigenvalue weighted by Crippen LogP contribution is -2.30. The first-order valence-electron chi connectivity index (χ1n) is 14.1. The van der Waals surface area contributed by atoms with Gasteiger partial charge in [0, 0.05) is 28.5 Å². The van der Waals surface area contributed by atoms with E-state index in [1.54, 1.807) is 0 Å². The summed E-state index contributed by atoms with van der Waals surface area (Å²) in [5.41, 5.74) is 10.7. The molecule has 2 aromatic heterocycles. The minimum atomic E-state index is 0.668. The van der Waals surface area contributed by atoms with Crippen LogP contribution in [0.15, 0.2) is 71.3 Å². The Labute approximate surface area is 224 Å². The molecule has 0 radical (unpaired) electrons. The van der Waals surface area contributed by atoms with E-state index in [0.717, 1.165) is 56.2 Å². The molecule has 3 heteroatoms. The smallest absolute Gasteiger partial charge is 0.216 e. The third kappa shape index (κ3) is 3.66. The zero-order chi connectivity index (χ0) is 25.8. The summed E-state index contributed by atoms with van der Waals surface area (Å²) in [7, 11) is 2.07. The lowest BCUT2D eigenvalue weighted by Gasteiger charge is -2.27. The van der Waals surface area contributed by atoms with Gasteiger partial charge in [0.2, 0.25) is 5.69 Å². The summed E-state index contributed by atoms with van der Waals surface area (Å²) in [4.78, 5) is 0. The highest BCUT2D eigenvalue weighted by Gasteiger charge is 2.30. The summed E-state index contributed by atoms with van der Waals surface area (Å²) in [5, 5.41) is 12.3. The van der Waals surface area contributed by atoms with E-state index < -0.39 is 0 Å². The molecule has 1 unspecified atom stereocenters. The molecule has 0 N–H and O–H groups in total. The van der Waals surface area contributed by atoms with Crippen LogP contribution >= 0.6 is 0 Å². The van der Waals surface area contributed by atoms with Crippen molar-refractivity contribution in [2.75, 3.05) is 0 Å². The zero-order valence-corrected chi connectivity index (χ0v) is 22.3. The molecule has 2 aliphatic carbocycles. The fourth-order valence-corrected chi connectivity index (χ4v) is 7.23. The lowest BCUT2D eigenvalue weighted by molar-refractivity contribution is -0.660. The Kier molecular flexibility index (Phi) is 5.59. The predicted molar refractivity (Wildman–Crippen MR) is 153 cm³/mol. The van der Waals surface area contributed by atoms with E-state index in [9.17, 15) is 5.26 Å². The van der Waals surface area contributed by atoms with Crippen molar-refractivity contribution in [3.8, 4) is 28.5 Å². The standard InChI is InChI=1S/C35H33N2O/c1-22-11-15-29-30-16-14-26(21-36)33(35(30)38-34(29)32(22)31-10-6-7-17-37(31)2)25-13-12-24-18-27(20-28(24)19-25)23-8-4-3-5-9-23/h6-7,10-17,19,23,27H,3-5,8-9,18,20H2,1-2H3/q+1. The van der Waals surface area contributed by atoms with Crippen molar-refractivity contribution in [2.24, 2.45) is 18.9 Å². The normalized spacial score (nSPS) is 17.7. The number of aryl methyl sites for hydroxylation is 2. The highest BCUT2D eigenvalue weighted by atomic mass is 16.3. The topological polar surface area (TPSA) is 40.8 Å². The first-order valence-corrected chi connectivity index (χ1v) is 14.1. The molecular weight excluding hydrogens is 464 g/mol. The first kappa shape index (κ1) is 23.2. The van der Waals surface area contributed by atoms with Gasteiger partial charge in [-0.3, -0.25) is 0 Å². The van der Waals surface area contributed by atoms with Crippen molar-refractivity contribution < 1.29 is 8.98 Å². The van der Waals surface area contributed by atoms with Crippen LogP contribution in [0, 0.1) is 30.1 Å². The Hall–Kier alpha value is -3.90. The van der Waals surface area contributed by atoms with Gasteiger partial charge in [0.25, 0.3) is 0 Å². The molecule has 0 bridgehead atoms. The largest absolute Gasteiger partial charge is 0.454 e. The van der Waals surface area contributed by atoms with Gasteiger partial charge < -0.3 is 4.42 Å². The third-order valence-electron chi connectivity index (χ3n) is 9.23. The van der Waals surface area contributed by atoms with Gasteiger partial charge in [-0.05, 0) is 72.1 Å². The molecule has 38 heavy (non-hydrogen) atoms. The second kappa shape index (κ2) is 9.14. The van der Waals surface area contributed by atoms with Crippen LogP contribution in [0.5, 0.6) is 0 Å². The molecule has 2 aliphatic rings. The molecule has 2 heterocycles. The molecule has 0 aliphatic heterocycles. The fourth-order valence-electron chi connectivity index (χ4n) is 7.23. The van der Waals surface area contributed by atoms with Crippen molar-refractivity contribution in [1.29, 1.82) is 5.26 Å². The fraction of sp³-hybridized carbons (Fsp3) is 0.314. The minimum Gasteiger partial charge on any atom is -0.454 e. The number of rotatable bonds is 3. The molecule has 7 rings (SSSR count). The van der Waals surface area contributed by atoms with Crippen molar-refractivity contribution in [2.45, 2.75) is 51.9 Å². The highest BCUT2D eigenvalue weighted by molar-refractivity contribution is 6.14. The first-order chi connectivity index (χ1) is 18.6. The van der Waals surface area contributed by atoms with Crippen LogP contribution in [-0.2, 0) is 19.9 Å². The number of nitrogens with zero attached hydrogens (tertiary/aromatic N) is 2. The van der Waals surface area contributed by atoms with Gasteiger partial charge in [-0.1, -0.05) is 62.4 Å². The van der Waals surface area contributed by atoms with Gasteiger partial charge >= 0.3 is 0 Å². The Bertz CT molecular complexity index is 1750. The minimum absolute atomic E-state index is 0.668.